The molecule has 0 atom stereocenters. The number of urea groups is 1. The van der Waals surface area contributed by atoms with E-state index < -0.39 is 5.97 Å². The molecule has 3 rings (SSSR count). The molecule has 3 aliphatic rings. The van der Waals surface area contributed by atoms with Gasteiger partial charge in [0.05, 0.1) is 18.1 Å². The van der Waals surface area contributed by atoms with Crippen LogP contribution in [0, 0.1) is 5.92 Å². The lowest BCUT2D eigenvalue weighted by atomic mass is 9.79. The minimum Gasteiger partial charge on any atom is -0.481 e. The summed E-state index contributed by atoms with van der Waals surface area (Å²) in [4.78, 5) is 26.2. The van der Waals surface area contributed by atoms with Crippen molar-refractivity contribution in [1.29, 1.82) is 0 Å². The maximum Gasteiger partial charge on any atom is 0.315 e. The molecule has 1 saturated heterocycles. The van der Waals surface area contributed by atoms with E-state index in [2.05, 4.69) is 29.4 Å². The second-order valence-corrected chi connectivity index (χ2v) is 9.53. The van der Waals surface area contributed by atoms with Crippen LogP contribution in [-0.4, -0.2) is 65.4 Å². The second kappa shape index (κ2) is 8.99. The molecule has 0 aromatic heterocycles. The number of carboxylic acids is 1. The smallest absolute Gasteiger partial charge is 0.315 e. The highest BCUT2D eigenvalue weighted by molar-refractivity contribution is 5.74. The topological polar surface area (TPSA) is 90.9 Å². The van der Waals surface area contributed by atoms with Crippen molar-refractivity contribution in [3.63, 3.8) is 0 Å². The molecule has 28 heavy (non-hydrogen) atoms. The van der Waals surface area contributed by atoms with Crippen molar-refractivity contribution >= 4 is 12.0 Å². The van der Waals surface area contributed by atoms with E-state index in [-0.39, 0.29) is 29.1 Å². The normalized spacial score (nSPS) is 30.4. The van der Waals surface area contributed by atoms with E-state index in [9.17, 15) is 9.59 Å². The second-order valence-electron chi connectivity index (χ2n) is 9.53. The highest BCUT2D eigenvalue weighted by atomic mass is 16.5. The molecule has 0 aromatic carbocycles. The van der Waals surface area contributed by atoms with Crippen molar-refractivity contribution in [1.82, 2.24) is 15.5 Å². The molecule has 0 spiro atoms. The highest BCUT2D eigenvalue weighted by Crippen LogP contribution is 2.36. The van der Waals surface area contributed by atoms with Crippen molar-refractivity contribution in [3.8, 4) is 0 Å². The molecule has 0 unspecified atom stereocenters. The van der Waals surface area contributed by atoms with Gasteiger partial charge >= 0.3 is 12.0 Å². The van der Waals surface area contributed by atoms with Crippen LogP contribution < -0.4 is 10.6 Å². The number of morpholine rings is 1. The zero-order valence-corrected chi connectivity index (χ0v) is 17.5. The maximum atomic E-state index is 12.5. The third kappa shape index (κ3) is 5.38. The Hall–Kier alpha value is -1.34. The Morgan fingerprint density at radius 1 is 1.11 bits per heavy atom. The molecule has 3 fully saturated rings. The molecule has 2 saturated carbocycles. The quantitative estimate of drug-likeness (QED) is 0.666. The lowest BCUT2D eigenvalue weighted by Gasteiger charge is -2.51. The number of carbonyl (C=O) groups excluding carboxylic acids is 1. The van der Waals surface area contributed by atoms with Gasteiger partial charge in [-0.2, -0.15) is 0 Å². The Labute approximate surface area is 168 Å². The first kappa shape index (κ1) is 21.4. The molecule has 0 bridgehead atoms. The van der Waals surface area contributed by atoms with Gasteiger partial charge in [0.15, 0.2) is 0 Å². The van der Waals surface area contributed by atoms with E-state index in [0.717, 1.165) is 45.4 Å². The number of rotatable bonds is 5. The van der Waals surface area contributed by atoms with Crippen LogP contribution in [0.1, 0.15) is 71.6 Å². The fourth-order valence-electron chi connectivity index (χ4n) is 5.20. The van der Waals surface area contributed by atoms with E-state index in [0.29, 0.717) is 19.4 Å². The Bertz CT molecular complexity index is 552. The molecular weight excluding hydrogens is 358 g/mol. The number of amides is 2. The Balaban J connectivity index is 1.52. The molecule has 0 radical (unpaired) electrons. The number of aliphatic carboxylic acids is 1. The van der Waals surface area contributed by atoms with Gasteiger partial charge in [-0.3, -0.25) is 9.69 Å². The van der Waals surface area contributed by atoms with Gasteiger partial charge in [0.25, 0.3) is 0 Å². The number of hydrogen-bond acceptors (Lipinski definition) is 4. The van der Waals surface area contributed by atoms with Gasteiger partial charge in [-0.1, -0.05) is 19.3 Å². The van der Waals surface area contributed by atoms with Crippen LogP contribution >= 0.6 is 0 Å². The molecule has 7 heteroatoms. The van der Waals surface area contributed by atoms with Gasteiger partial charge in [0.2, 0.25) is 0 Å². The molecule has 2 aliphatic carbocycles. The standard InChI is InChI=1S/C21H37N3O4/c1-20(2)15-24(12-13-28-20)21(10-4-3-5-11-21)14-22-19(27)23-17-8-6-16(7-9-17)18(25)26/h16-17H,3-15H2,1-2H3,(H,25,26)(H2,22,23,27). The predicted molar refractivity (Wildman–Crippen MR) is 107 cm³/mol. The SMILES string of the molecule is CC1(C)CN(C2(CNC(=O)NC3CCC(C(=O)O)CC3)CCCCC2)CCO1. The summed E-state index contributed by atoms with van der Waals surface area (Å²) in [5.41, 5.74) is -0.120. The number of nitrogens with zero attached hydrogens (tertiary/aromatic N) is 1. The van der Waals surface area contributed by atoms with Gasteiger partial charge < -0.3 is 20.5 Å². The lowest BCUT2D eigenvalue weighted by Crippen LogP contribution is -2.63. The van der Waals surface area contributed by atoms with Crippen LogP contribution in [0.5, 0.6) is 0 Å². The molecule has 1 aliphatic heterocycles. The number of nitrogens with one attached hydrogen (secondary N) is 2. The third-order valence-corrected chi connectivity index (χ3v) is 6.87. The molecule has 3 N–H and O–H groups in total. The summed E-state index contributed by atoms with van der Waals surface area (Å²) in [5.74, 6) is -0.966. The molecule has 160 valence electrons. The van der Waals surface area contributed by atoms with E-state index in [1.165, 1.54) is 19.3 Å². The van der Waals surface area contributed by atoms with Crippen molar-refractivity contribution in [2.24, 2.45) is 5.92 Å². The first-order valence-corrected chi connectivity index (χ1v) is 11.0. The van der Waals surface area contributed by atoms with Crippen LogP contribution in [0.15, 0.2) is 0 Å². The van der Waals surface area contributed by atoms with Crippen LogP contribution in [0.3, 0.4) is 0 Å². The van der Waals surface area contributed by atoms with Gasteiger partial charge in [0.1, 0.15) is 0 Å². The first-order chi connectivity index (χ1) is 13.3. The van der Waals surface area contributed by atoms with Gasteiger partial charge in [-0.25, -0.2) is 4.79 Å². The van der Waals surface area contributed by atoms with Crippen LogP contribution in [0.2, 0.25) is 0 Å². The summed E-state index contributed by atoms with van der Waals surface area (Å²) in [5, 5.41) is 15.3. The van der Waals surface area contributed by atoms with Crippen molar-refractivity contribution in [2.75, 3.05) is 26.2 Å². The average molecular weight is 396 g/mol. The van der Waals surface area contributed by atoms with Crippen LogP contribution in [0.25, 0.3) is 0 Å². The zero-order chi connectivity index (χ0) is 20.2. The Morgan fingerprint density at radius 3 is 2.39 bits per heavy atom. The fraction of sp³-hybridized carbons (Fsp3) is 0.905. The monoisotopic (exact) mass is 395 g/mol. The van der Waals surface area contributed by atoms with Gasteiger partial charge in [-0.15, -0.1) is 0 Å². The summed E-state index contributed by atoms with van der Waals surface area (Å²) in [6.45, 7) is 7.52. The largest absolute Gasteiger partial charge is 0.481 e. The minimum atomic E-state index is -0.712. The summed E-state index contributed by atoms with van der Waals surface area (Å²) in [6.07, 6.45) is 8.70. The summed E-state index contributed by atoms with van der Waals surface area (Å²) >= 11 is 0. The number of carbonyl (C=O) groups is 2. The summed E-state index contributed by atoms with van der Waals surface area (Å²) in [7, 11) is 0. The lowest BCUT2D eigenvalue weighted by molar-refractivity contribution is -0.142. The fourth-order valence-corrected chi connectivity index (χ4v) is 5.20. The van der Waals surface area contributed by atoms with Crippen molar-refractivity contribution < 1.29 is 19.4 Å². The van der Waals surface area contributed by atoms with Crippen molar-refractivity contribution in [3.05, 3.63) is 0 Å². The Morgan fingerprint density at radius 2 is 1.79 bits per heavy atom. The Kier molecular flexibility index (Phi) is 6.86. The molecule has 2 amide bonds. The van der Waals surface area contributed by atoms with E-state index in [1.54, 1.807) is 0 Å². The van der Waals surface area contributed by atoms with E-state index in [4.69, 9.17) is 9.84 Å². The van der Waals surface area contributed by atoms with Gasteiger partial charge in [0, 0.05) is 31.2 Å². The number of hydrogen-bond donors (Lipinski definition) is 3. The maximum absolute atomic E-state index is 12.5. The van der Waals surface area contributed by atoms with Crippen LogP contribution in [0.4, 0.5) is 4.79 Å². The van der Waals surface area contributed by atoms with Crippen LogP contribution in [-0.2, 0) is 9.53 Å². The van der Waals surface area contributed by atoms with Crippen molar-refractivity contribution in [2.45, 2.75) is 88.8 Å². The highest BCUT2D eigenvalue weighted by Gasteiger charge is 2.42. The van der Waals surface area contributed by atoms with Gasteiger partial charge in [-0.05, 0) is 52.4 Å². The number of carboxylic acid groups (broad SMARTS) is 1. The summed E-state index contributed by atoms with van der Waals surface area (Å²) in [6, 6.07) is -0.0310. The summed E-state index contributed by atoms with van der Waals surface area (Å²) < 4.78 is 5.90. The van der Waals surface area contributed by atoms with E-state index >= 15 is 0 Å². The molecule has 0 aromatic rings. The first-order valence-electron chi connectivity index (χ1n) is 11.0. The predicted octanol–water partition coefficient (Wildman–Crippen LogP) is 2.74. The molecule has 1 heterocycles. The minimum absolute atomic E-state index is 0.0254. The molecule has 7 nitrogen and oxygen atoms in total. The average Bonchev–Trinajstić information content (AvgIpc) is 2.67. The third-order valence-electron chi connectivity index (χ3n) is 6.87. The number of ether oxygens (including phenoxy) is 1. The molecular formula is C21H37N3O4. The zero-order valence-electron chi connectivity index (χ0n) is 17.5. The van der Waals surface area contributed by atoms with E-state index in [1.807, 2.05) is 0 Å².